The maximum Gasteiger partial charge on any atom is 0.192 e. The first-order valence-electron chi connectivity index (χ1n) is 8.56. The molecule has 0 aliphatic rings. The van der Waals surface area contributed by atoms with E-state index in [1.807, 2.05) is 13.3 Å². The summed E-state index contributed by atoms with van der Waals surface area (Å²) in [6.45, 7) is 22.6. The maximum absolute atomic E-state index is 6.35. The monoisotopic (exact) mass is 356 g/mol. The van der Waals surface area contributed by atoms with Gasteiger partial charge in [0.25, 0.3) is 0 Å². The van der Waals surface area contributed by atoms with Gasteiger partial charge in [0.2, 0.25) is 0 Å². The van der Waals surface area contributed by atoms with Crippen LogP contribution < -0.4 is 0 Å². The van der Waals surface area contributed by atoms with Crippen molar-refractivity contribution in [1.82, 2.24) is 9.55 Å². The number of rotatable bonds is 8. The van der Waals surface area contributed by atoms with Crippen LogP contribution in [0.1, 0.15) is 32.2 Å². The van der Waals surface area contributed by atoms with Gasteiger partial charge in [-0.05, 0) is 31.1 Å². The van der Waals surface area contributed by atoms with E-state index in [1.165, 1.54) is 6.04 Å². The van der Waals surface area contributed by atoms with E-state index in [0.717, 1.165) is 18.0 Å². The van der Waals surface area contributed by atoms with E-state index >= 15 is 0 Å². The largest absolute Gasteiger partial charge is 0.411 e. The van der Waals surface area contributed by atoms with Crippen molar-refractivity contribution in [3.63, 3.8) is 0 Å². The van der Waals surface area contributed by atoms with E-state index in [0.29, 0.717) is 13.3 Å². The van der Waals surface area contributed by atoms with Crippen molar-refractivity contribution in [2.45, 2.75) is 84.9 Å². The highest BCUT2D eigenvalue weighted by Gasteiger charge is 2.37. The third-order valence-electron chi connectivity index (χ3n) is 4.76. The van der Waals surface area contributed by atoms with Gasteiger partial charge in [0.15, 0.2) is 8.32 Å². The third-order valence-corrected chi connectivity index (χ3v) is 10.9. The van der Waals surface area contributed by atoms with Crippen molar-refractivity contribution in [3.8, 4) is 0 Å². The number of hydrogen-bond acceptors (Lipinski definition) is 3. The van der Waals surface area contributed by atoms with Crippen LogP contribution in [0.4, 0.5) is 0 Å². The predicted molar refractivity (Wildman–Crippen MR) is 103 cm³/mol. The molecule has 6 heteroatoms. The Hall–Kier alpha value is -0.436. The van der Waals surface area contributed by atoms with Crippen LogP contribution in [-0.4, -0.2) is 32.5 Å². The van der Waals surface area contributed by atoms with Crippen LogP contribution >= 0.6 is 0 Å². The van der Waals surface area contributed by atoms with Gasteiger partial charge < -0.3 is 13.7 Å². The summed E-state index contributed by atoms with van der Waals surface area (Å²) in [6.07, 6.45) is 1.87. The van der Waals surface area contributed by atoms with Gasteiger partial charge in [-0.25, -0.2) is 4.98 Å². The SMILES string of the molecule is Cc1ncn(COCC[Si](C)(C)C)c1CO[Si](C)(C)C(C)(C)C. The number of nitrogens with zero attached hydrogens (tertiary/aromatic N) is 2. The Kier molecular flexibility index (Phi) is 6.84. The molecule has 0 saturated heterocycles. The number of ether oxygens (including phenoxy) is 1. The minimum absolute atomic E-state index is 0.222. The van der Waals surface area contributed by atoms with Gasteiger partial charge >= 0.3 is 0 Å². The molecule has 0 N–H and O–H groups in total. The van der Waals surface area contributed by atoms with Gasteiger partial charge in [0.1, 0.15) is 6.73 Å². The zero-order chi connectivity index (χ0) is 17.9. The highest BCUT2D eigenvalue weighted by Crippen LogP contribution is 2.37. The standard InChI is InChI=1S/C17H36N2O2Si2/c1-15-16(12-21-23(8,9)17(2,3)4)19(13-18-15)14-20-10-11-22(5,6)7/h13H,10-12,14H2,1-9H3. The Labute approximate surface area is 144 Å². The van der Waals surface area contributed by atoms with Crippen LogP contribution in [0, 0.1) is 6.92 Å². The zero-order valence-corrected chi connectivity index (χ0v) is 18.6. The lowest BCUT2D eigenvalue weighted by molar-refractivity contribution is 0.0824. The van der Waals surface area contributed by atoms with Gasteiger partial charge in [-0.15, -0.1) is 0 Å². The number of aromatic nitrogens is 2. The van der Waals surface area contributed by atoms with Gasteiger partial charge in [-0.1, -0.05) is 40.4 Å². The Bertz CT molecular complexity index is 500. The summed E-state index contributed by atoms with van der Waals surface area (Å²) in [5.41, 5.74) is 2.18. The second kappa shape index (κ2) is 7.63. The molecule has 1 heterocycles. The zero-order valence-electron chi connectivity index (χ0n) is 16.6. The first kappa shape index (κ1) is 20.6. The molecule has 1 aromatic rings. The number of imidazole rings is 1. The molecule has 0 bridgehead atoms. The maximum atomic E-state index is 6.35. The van der Waals surface area contributed by atoms with Crippen LogP contribution in [0.15, 0.2) is 6.33 Å². The summed E-state index contributed by atoms with van der Waals surface area (Å²) in [6, 6.07) is 1.19. The molecule has 0 aromatic carbocycles. The molecule has 0 aliphatic heterocycles. The highest BCUT2D eigenvalue weighted by molar-refractivity contribution is 6.76. The Morgan fingerprint density at radius 3 is 2.26 bits per heavy atom. The molecule has 0 saturated carbocycles. The second-order valence-corrected chi connectivity index (χ2v) is 19.6. The molecule has 0 spiro atoms. The molecule has 0 radical (unpaired) electrons. The van der Waals surface area contributed by atoms with E-state index in [9.17, 15) is 0 Å². The Morgan fingerprint density at radius 2 is 1.74 bits per heavy atom. The number of aryl methyl sites for hydroxylation is 1. The molecule has 0 fully saturated rings. The van der Waals surface area contributed by atoms with E-state index < -0.39 is 16.4 Å². The molecular weight excluding hydrogens is 320 g/mol. The molecule has 1 rings (SSSR count). The smallest absolute Gasteiger partial charge is 0.192 e. The van der Waals surface area contributed by atoms with Crippen molar-refractivity contribution in [2.75, 3.05) is 6.61 Å². The van der Waals surface area contributed by atoms with Crippen LogP contribution in [0.5, 0.6) is 0 Å². The molecule has 134 valence electrons. The van der Waals surface area contributed by atoms with Crippen LogP contribution in [-0.2, 0) is 22.5 Å². The average Bonchev–Trinajstić information content (AvgIpc) is 2.71. The highest BCUT2D eigenvalue weighted by atomic mass is 28.4. The van der Waals surface area contributed by atoms with Crippen molar-refractivity contribution in [1.29, 1.82) is 0 Å². The van der Waals surface area contributed by atoms with Crippen molar-refractivity contribution >= 4 is 16.4 Å². The minimum atomic E-state index is -1.75. The summed E-state index contributed by atoms with van der Waals surface area (Å²) in [5.74, 6) is 0. The summed E-state index contributed by atoms with van der Waals surface area (Å²) in [5, 5.41) is 0.222. The fourth-order valence-corrected chi connectivity index (χ4v) is 3.50. The molecule has 23 heavy (non-hydrogen) atoms. The van der Waals surface area contributed by atoms with Crippen molar-refractivity contribution in [2.24, 2.45) is 0 Å². The van der Waals surface area contributed by atoms with Gasteiger partial charge in [-0.3, -0.25) is 0 Å². The van der Waals surface area contributed by atoms with Crippen molar-refractivity contribution < 1.29 is 9.16 Å². The van der Waals surface area contributed by atoms with E-state index in [-0.39, 0.29) is 5.04 Å². The van der Waals surface area contributed by atoms with Crippen LogP contribution in [0.2, 0.25) is 43.8 Å². The quantitative estimate of drug-likeness (QED) is 0.484. The first-order chi connectivity index (χ1) is 10.3. The average molecular weight is 357 g/mol. The van der Waals surface area contributed by atoms with E-state index in [2.05, 4.69) is 63.1 Å². The topological polar surface area (TPSA) is 36.3 Å². The normalized spacial score (nSPS) is 13.6. The van der Waals surface area contributed by atoms with Gasteiger partial charge in [-0.2, -0.15) is 0 Å². The van der Waals surface area contributed by atoms with Gasteiger partial charge in [0, 0.05) is 14.7 Å². The second-order valence-electron chi connectivity index (χ2n) is 9.14. The van der Waals surface area contributed by atoms with Crippen LogP contribution in [0.3, 0.4) is 0 Å². The Balaban J connectivity index is 2.62. The first-order valence-corrected chi connectivity index (χ1v) is 15.2. The molecule has 0 amide bonds. The molecule has 0 unspecified atom stereocenters. The summed E-state index contributed by atoms with van der Waals surface area (Å²) >= 11 is 0. The third kappa shape index (κ3) is 6.53. The van der Waals surface area contributed by atoms with Gasteiger partial charge in [0.05, 0.1) is 24.3 Å². The Morgan fingerprint density at radius 1 is 1.13 bits per heavy atom. The molecule has 4 nitrogen and oxygen atoms in total. The summed E-state index contributed by atoms with van der Waals surface area (Å²) in [7, 11) is -2.78. The molecule has 0 atom stereocenters. The van der Waals surface area contributed by atoms with E-state index in [1.54, 1.807) is 0 Å². The molecular formula is C17H36N2O2Si2. The number of hydrogen-bond donors (Lipinski definition) is 0. The summed E-state index contributed by atoms with van der Waals surface area (Å²) < 4.78 is 14.3. The fourth-order valence-electron chi connectivity index (χ4n) is 1.81. The fraction of sp³-hybridized carbons (Fsp3) is 0.824. The lowest BCUT2D eigenvalue weighted by atomic mass is 10.2. The lowest BCUT2D eigenvalue weighted by Crippen LogP contribution is -2.40. The minimum Gasteiger partial charge on any atom is -0.411 e. The van der Waals surface area contributed by atoms with Crippen molar-refractivity contribution in [3.05, 3.63) is 17.7 Å². The molecule has 1 aromatic heterocycles. The summed E-state index contributed by atoms with van der Waals surface area (Å²) in [4.78, 5) is 4.43. The predicted octanol–water partition coefficient (Wildman–Crippen LogP) is 5.03. The molecule has 0 aliphatic carbocycles. The van der Waals surface area contributed by atoms with Crippen LogP contribution in [0.25, 0.3) is 0 Å². The van der Waals surface area contributed by atoms with E-state index in [4.69, 9.17) is 9.16 Å². The lowest BCUT2D eigenvalue weighted by Gasteiger charge is -2.36.